The number of carbonyl (C=O) groups excluding carboxylic acids is 1. The van der Waals surface area contributed by atoms with Crippen molar-refractivity contribution in [2.45, 2.75) is 50.2 Å². The van der Waals surface area contributed by atoms with Crippen LogP contribution in [0.15, 0.2) is 23.1 Å². The number of rotatable bonds is 7. The molecule has 2 heterocycles. The number of nitrogens with zero attached hydrogens (tertiary/aromatic N) is 1. The molecule has 0 aromatic carbocycles. The first-order valence-electron chi connectivity index (χ1n) is 8.27. The number of nitrogens with one attached hydrogen (secondary N) is 1. The molecular weight excluding hydrogens is 475 g/mol. The Labute approximate surface area is 166 Å². The number of hydrogen-bond acceptors (Lipinski definition) is 6. The molecule has 2 atom stereocenters. The highest BCUT2D eigenvalue weighted by Gasteiger charge is 2.43. The number of hydroxylamine groups is 1. The maximum absolute atomic E-state index is 12.6. The van der Waals surface area contributed by atoms with Crippen molar-refractivity contribution in [3.8, 4) is 0 Å². The zero-order chi connectivity index (χ0) is 19.4. The van der Waals surface area contributed by atoms with Crippen LogP contribution in [0.4, 0.5) is 0 Å². The SMILES string of the molecule is C[C@@](CCn1ccc(I)cc1=O)(C(=O)NOC1CCCCO1)S(C)(=O)=O. The summed E-state index contributed by atoms with van der Waals surface area (Å²) in [5.74, 6) is -0.771. The number of aromatic nitrogens is 1. The fourth-order valence-corrected chi connectivity index (χ4v) is 3.77. The van der Waals surface area contributed by atoms with E-state index in [1.54, 1.807) is 12.3 Å². The molecule has 1 aliphatic rings. The van der Waals surface area contributed by atoms with E-state index < -0.39 is 26.8 Å². The van der Waals surface area contributed by atoms with E-state index in [0.717, 1.165) is 22.7 Å². The van der Waals surface area contributed by atoms with Gasteiger partial charge in [0.1, 0.15) is 0 Å². The Kier molecular flexibility index (Phi) is 7.22. The van der Waals surface area contributed by atoms with Crippen LogP contribution in [0.2, 0.25) is 0 Å². The fraction of sp³-hybridized carbons (Fsp3) is 0.625. The highest BCUT2D eigenvalue weighted by atomic mass is 127. The molecule has 1 saturated heterocycles. The van der Waals surface area contributed by atoms with E-state index in [9.17, 15) is 18.0 Å². The predicted molar refractivity (Wildman–Crippen MR) is 104 cm³/mol. The summed E-state index contributed by atoms with van der Waals surface area (Å²) in [6.45, 7) is 1.97. The van der Waals surface area contributed by atoms with Gasteiger partial charge in [-0.15, -0.1) is 0 Å². The third kappa shape index (κ3) is 5.27. The largest absolute Gasteiger partial charge is 0.350 e. The summed E-state index contributed by atoms with van der Waals surface area (Å²) < 4.78 is 30.3. The second kappa shape index (κ2) is 8.81. The minimum Gasteiger partial charge on any atom is -0.350 e. The Morgan fingerprint density at radius 2 is 2.23 bits per heavy atom. The number of amides is 1. The molecule has 1 aromatic heterocycles. The highest BCUT2D eigenvalue weighted by molar-refractivity contribution is 14.1. The van der Waals surface area contributed by atoms with Gasteiger partial charge in [-0.3, -0.25) is 9.59 Å². The third-order valence-corrected chi connectivity index (χ3v) is 7.20. The zero-order valence-electron chi connectivity index (χ0n) is 14.7. The van der Waals surface area contributed by atoms with Crippen LogP contribution in [0.5, 0.6) is 0 Å². The van der Waals surface area contributed by atoms with Crippen LogP contribution in [0.25, 0.3) is 0 Å². The number of sulfone groups is 1. The minimum absolute atomic E-state index is 0.0625. The Morgan fingerprint density at radius 1 is 1.50 bits per heavy atom. The number of halogens is 1. The lowest BCUT2D eigenvalue weighted by molar-refractivity contribution is -0.201. The first kappa shape index (κ1) is 21.3. The van der Waals surface area contributed by atoms with Crippen molar-refractivity contribution in [3.05, 3.63) is 32.3 Å². The Hall–Kier alpha value is -0.980. The van der Waals surface area contributed by atoms with Gasteiger partial charge in [0, 0.05) is 41.7 Å². The summed E-state index contributed by atoms with van der Waals surface area (Å²) in [5, 5.41) is 0. The standard InChI is InChI=1S/C16H23IN2O6S/c1-16(26(2,22)23,7-9-19-8-6-12(17)11-13(19)20)15(21)18-25-14-5-3-4-10-24-14/h6,8,11,14H,3-5,7,9-10H2,1-2H3,(H,18,21)/t14?,16-/m1/s1. The molecule has 0 bridgehead atoms. The quantitative estimate of drug-likeness (QED) is 0.448. The Morgan fingerprint density at radius 3 is 2.81 bits per heavy atom. The molecule has 1 aliphatic heterocycles. The summed E-state index contributed by atoms with van der Waals surface area (Å²) in [5.41, 5.74) is 1.98. The average Bonchev–Trinajstić information content (AvgIpc) is 2.58. The maximum Gasteiger partial charge on any atom is 0.264 e. The smallest absolute Gasteiger partial charge is 0.264 e. The van der Waals surface area contributed by atoms with Gasteiger partial charge in [-0.2, -0.15) is 0 Å². The number of aryl methyl sites for hydroxylation is 1. The maximum atomic E-state index is 12.6. The number of pyridine rings is 1. The molecule has 0 saturated carbocycles. The summed E-state index contributed by atoms with van der Waals surface area (Å²) in [7, 11) is -3.76. The lowest BCUT2D eigenvalue weighted by Gasteiger charge is -2.28. The van der Waals surface area contributed by atoms with E-state index >= 15 is 0 Å². The molecule has 8 nitrogen and oxygen atoms in total. The molecule has 0 spiro atoms. The Bertz CT molecular complexity index is 803. The molecule has 2 rings (SSSR count). The van der Waals surface area contributed by atoms with Gasteiger partial charge in [0.15, 0.2) is 20.9 Å². The van der Waals surface area contributed by atoms with Gasteiger partial charge in [0.2, 0.25) is 0 Å². The molecule has 10 heteroatoms. The Balaban J connectivity index is 2.08. The van der Waals surface area contributed by atoms with Gasteiger partial charge in [0.25, 0.3) is 11.5 Å². The van der Waals surface area contributed by atoms with Gasteiger partial charge in [-0.05, 0) is 54.8 Å². The van der Waals surface area contributed by atoms with E-state index in [-0.39, 0.29) is 18.5 Å². The molecule has 0 radical (unpaired) electrons. The second-order valence-corrected chi connectivity index (χ2v) is 10.2. The second-order valence-electron chi connectivity index (χ2n) is 6.47. The van der Waals surface area contributed by atoms with Crippen LogP contribution in [-0.2, 0) is 30.8 Å². The molecule has 1 aromatic rings. The summed E-state index contributed by atoms with van der Waals surface area (Å²) in [6, 6.07) is 3.19. The van der Waals surface area contributed by atoms with Crippen LogP contribution in [0, 0.1) is 3.57 Å². The van der Waals surface area contributed by atoms with Crippen LogP contribution in [-0.4, -0.2) is 42.8 Å². The van der Waals surface area contributed by atoms with Crippen molar-refractivity contribution in [1.29, 1.82) is 0 Å². The molecule has 1 fully saturated rings. The predicted octanol–water partition coefficient (Wildman–Crippen LogP) is 1.22. The van der Waals surface area contributed by atoms with Crippen molar-refractivity contribution < 1.29 is 22.8 Å². The molecule has 0 aliphatic carbocycles. The molecule has 146 valence electrons. The summed E-state index contributed by atoms with van der Waals surface area (Å²) in [4.78, 5) is 29.8. The molecule has 1 unspecified atom stereocenters. The first-order valence-corrected chi connectivity index (χ1v) is 11.2. The number of ether oxygens (including phenoxy) is 1. The fourth-order valence-electron chi connectivity index (χ4n) is 2.50. The third-order valence-electron chi connectivity index (χ3n) is 4.51. The van der Waals surface area contributed by atoms with E-state index in [1.165, 1.54) is 17.6 Å². The van der Waals surface area contributed by atoms with Crippen molar-refractivity contribution in [1.82, 2.24) is 10.0 Å². The van der Waals surface area contributed by atoms with Gasteiger partial charge >= 0.3 is 0 Å². The topological polar surface area (TPSA) is 104 Å². The van der Waals surface area contributed by atoms with Crippen LogP contribution in [0.1, 0.15) is 32.6 Å². The van der Waals surface area contributed by atoms with Crippen LogP contribution in [0.3, 0.4) is 0 Å². The minimum atomic E-state index is -3.76. The van der Waals surface area contributed by atoms with Crippen LogP contribution < -0.4 is 11.0 Å². The molecule has 1 amide bonds. The lowest BCUT2D eigenvalue weighted by Crippen LogP contribution is -2.51. The van der Waals surface area contributed by atoms with Gasteiger partial charge in [-0.25, -0.2) is 18.7 Å². The van der Waals surface area contributed by atoms with Crippen molar-refractivity contribution in [3.63, 3.8) is 0 Å². The van der Waals surface area contributed by atoms with Gasteiger partial charge < -0.3 is 9.30 Å². The highest BCUT2D eigenvalue weighted by Crippen LogP contribution is 2.23. The summed E-state index contributed by atoms with van der Waals surface area (Å²) >= 11 is 2.02. The summed E-state index contributed by atoms with van der Waals surface area (Å²) in [6.07, 6.45) is 4.42. The van der Waals surface area contributed by atoms with Crippen molar-refractivity contribution in [2.24, 2.45) is 0 Å². The lowest BCUT2D eigenvalue weighted by atomic mass is 10.1. The van der Waals surface area contributed by atoms with Crippen LogP contribution >= 0.6 is 22.6 Å². The van der Waals surface area contributed by atoms with E-state index in [4.69, 9.17) is 9.57 Å². The molecular formula is C16H23IN2O6S. The first-order chi connectivity index (χ1) is 12.1. The number of carbonyl (C=O) groups is 1. The van der Waals surface area contributed by atoms with E-state index in [1.807, 2.05) is 22.6 Å². The van der Waals surface area contributed by atoms with Gasteiger partial charge in [-0.1, -0.05) is 0 Å². The normalized spacial score (nSPS) is 20.3. The molecule has 26 heavy (non-hydrogen) atoms. The van der Waals surface area contributed by atoms with Crippen molar-refractivity contribution in [2.75, 3.05) is 12.9 Å². The molecule has 1 N–H and O–H groups in total. The van der Waals surface area contributed by atoms with Crippen molar-refractivity contribution >= 4 is 38.3 Å². The monoisotopic (exact) mass is 498 g/mol. The van der Waals surface area contributed by atoms with Gasteiger partial charge in [0.05, 0.1) is 0 Å². The average molecular weight is 498 g/mol. The van der Waals surface area contributed by atoms with E-state index in [0.29, 0.717) is 13.0 Å². The van der Waals surface area contributed by atoms with E-state index in [2.05, 4.69) is 5.48 Å². The zero-order valence-corrected chi connectivity index (χ0v) is 17.7. The number of hydrogen-bond donors (Lipinski definition) is 1.